The summed E-state index contributed by atoms with van der Waals surface area (Å²) in [6.45, 7) is 1.79. The van der Waals surface area contributed by atoms with E-state index in [1.54, 1.807) is 6.92 Å². The summed E-state index contributed by atoms with van der Waals surface area (Å²) in [6, 6.07) is -0.553. The van der Waals surface area contributed by atoms with Gasteiger partial charge < -0.3 is 11.1 Å². The molecule has 13 heavy (non-hydrogen) atoms. The Bertz CT molecular complexity index is 185. The first-order chi connectivity index (χ1) is 6.11. The second-order valence-electron chi connectivity index (χ2n) is 2.72. The van der Waals surface area contributed by atoms with Gasteiger partial charge in [0.25, 0.3) is 0 Å². The van der Waals surface area contributed by atoms with E-state index in [-0.39, 0.29) is 5.91 Å². The van der Waals surface area contributed by atoms with Crippen LogP contribution < -0.4 is 11.1 Å². The van der Waals surface area contributed by atoms with E-state index in [0.29, 0.717) is 25.1 Å². The maximum atomic E-state index is 11.1. The monoisotopic (exact) mass is 206 g/mol. The molecule has 0 radical (unpaired) electrons. The van der Waals surface area contributed by atoms with Crippen LogP contribution in [0.15, 0.2) is 0 Å². The largest absolute Gasteiger partial charge is 0.368 e. The fourth-order valence-corrected chi connectivity index (χ4v) is 1.00. The summed E-state index contributed by atoms with van der Waals surface area (Å²) in [5.74, 6) is -0.228. The van der Waals surface area contributed by atoms with Crippen molar-refractivity contribution in [3.63, 3.8) is 0 Å². The Morgan fingerprint density at radius 3 is 2.54 bits per heavy atom. The highest BCUT2D eigenvalue weighted by molar-refractivity contribution is 6.17. The molecule has 0 unspecified atom stereocenters. The molecule has 0 aromatic carbocycles. The highest BCUT2D eigenvalue weighted by atomic mass is 35.5. The molecule has 76 valence electrons. The lowest BCUT2D eigenvalue weighted by molar-refractivity contribution is -0.127. The molecule has 2 amide bonds. The van der Waals surface area contributed by atoms with Gasteiger partial charge in [-0.3, -0.25) is 9.59 Å². The highest BCUT2D eigenvalue weighted by Gasteiger charge is 2.14. The minimum atomic E-state index is -0.553. The number of alkyl halides is 1. The van der Waals surface area contributed by atoms with E-state index in [1.807, 2.05) is 0 Å². The lowest BCUT2D eigenvalue weighted by Crippen LogP contribution is -2.43. The predicted octanol–water partition coefficient (Wildman–Crippen LogP) is 0.385. The lowest BCUT2D eigenvalue weighted by Gasteiger charge is -2.12. The van der Waals surface area contributed by atoms with Crippen molar-refractivity contribution in [2.75, 3.05) is 5.88 Å². The Balaban J connectivity index is 3.80. The molecule has 3 N–H and O–H groups in total. The second kappa shape index (κ2) is 6.71. The third kappa shape index (κ3) is 5.47. The molecule has 0 aromatic heterocycles. The number of hydrogen-bond acceptors (Lipinski definition) is 2. The first-order valence-corrected chi connectivity index (χ1v) is 4.79. The van der Waals surface area contributed by atoms with Crippen molar-refractivity contribution in [1.82, 2.24) is 5.32 Å². The van der Waals surface area contributed by atoms with Gasteiger partial charge in [-0.05, 0) is 12.8 Å². The Hall–Kier alpha value is -0.770. The molecule has 0 aliphatic rings. The maximum Gasteiger partial charge on any atom is 0.239 e. The van der Waals surface area contributed by atoms with Crippen LogP contribution in [0.3, 0.4) is 0 Å². The number of nitrogens with two attached hydrogens (primary N) is 1. The van der Waals surface area contributed by atoms with Gasteiger partial charge >= 0.3 is 0 Å². The Morgan fingerprint density at radius 2 is 2.15 bits per heavy atom. The third-order valence-electron chi connectivity index (χ3n) is 1.62. The summed E-state index contributed by atoms with van der Waals surface area (Å²) in [4.78, 5) is 21.8. The normalized spacial score (nSPS) is 12.2. The molecule has 0 heterocycles. The number of rotatable bonds is 6. The Kier molecular flexibility index (Phi) is 6.32. The number of nitrogens with one attached hydrogen (secondary N) is 1. The van der Waals surface area contributed by atoms with E-state index in [1.165, 1.54) is 0 Å². The fraction of sp³-hybridized carbons (Fsp3) is 0.750. The molecule has 0 aliphatic carbocycles. The van der Waals surface area contributed by atoms with Crippen molar-refractivity contribution in [3.8, 4) is 0 Å². The fourth-order valence-electron chi connectivity index (χ4n) is 0.868. The van der Waals surface area contributed by atoms with Crippen LogP contribution in [0.5, 0.6) is 0 Å². The van der Waals surface area contributed by atoms with E-state index >= 15 is 0 Å². The summed E-state index contributed by atoms with van der Waals surface area (Å²) in [5, 5.41) is 2.53. The predicted molar refractivity (Wildman–Crippen MR) is 51.4 cm³/mol. The van der Waals surface area contributed by atoms with Gasteiger partial charge in [0.1, 0.15) is 6.04 Å². The molecule has 1 atom stereocenters. The van der Waals surface area contributed by atoms with Gasteiger partial charge in [-0.2, -0.15) is 0 Å². The van der Waals surface area contributed by atoms with E-state index in [4.69, 9.17) is 17.3 Å². The van der Waals surface area contributed by atoms with Crippen molar-refractivity contribution in [3.05, 3.63) is 0 Å². The summed E-state index contributed by atoms with van der Waals surface area (Å²) < 4.78 is 0. The van der Waals surface area contributed by atoms with Gasteiger partial charge in [-0.1, -0.05) is 6.92 Å². The average Bonchev–Trinajstić information content (AvgIpc) is 2.10. The van der Waals surface area contributed by atoms with Crippen LogP contribution in [-0.4, -0.2) is 23.7 Å². The van der Waals surface area contributed by atoms with E-state index in [9.17, 15) is 9.59 Å². The van der Waals surface area contributed by atoms with E-state index in [2.05, 4.69) is 5.32 Å². The van der Waals surface area contributed by atoms with Crippen LogP contribution in [0.4, 0.5) is 0 Å². The Labute approximate surface area is 82.8 Å². The van der Waals surface area contributed by atoms with Crippen LogP contribution in [0.2, 0.25) is 0 Å². The van der Waals surface area contributed by atoms with Gasteiger partial charge in [-0.15, -0.1) is 11.6 Å². The summed E-state index contributed by atoms with van der Waals surface area (Å²) in [7, 11) is 0. The lowest BCUT2D eigenvalue weighted by atomic mass is 10.2. The minimum Gasteiger partial charge on any atom is -0.368 e. The average molecular weight is 207 g/mol. The van der Waals surface area contributed by atoms with Gasteiger partial charge in [0.2, 0.25) is 11.8 Å². The molecule has 5 heteroatoms. The Morgan fingerprint density at radius 1 is 1.54 bits per heavy atom. The number of hydrogen-bond donors (Lipinski definition) is 2. The number of halogens is 1. The van der Waals surface area contributed by atoms with E-state index in [0.717, 1.165) is 0 Å². The summed E-state index contributed by atoms with van der Waals surface area (Å²) in [6.07, 6.45) is 1.47. The molecule has 0 fully saturated rings. The molecule has 0 saturated carbocycles. The van der Waals surface area contributed by atoms with Gasteiger partial charge in [0.05, 0.1) is 0 Å². The molecular formula is C8H15ClN2O2. The number of carbonyl (C=O) groups excluding carboxylic acids is 2. The van der Waals surface area contributed by atoms with E-state index < -0.39 is 11.9 Å². The van der Waals surface area contributed by atoms with Crippen molar-refractivity contribution >= 4 is 23.4 Å². The standard InChI is InChI=1S/C8H15ClN2O2/c1-2-6(8(10)13)11-7(12)4-3-5-9/h6H,2-5H2,1H3,(H2,10,13)(H,11,12)/t6-/m1/s1. The topological polar surface area (TPSA) is 72.2 Å². The molecule has 0 aromatic rings. The van der Waals surface area contributed by atoms with Crippen LogP contribution >= 0.6 is 11.6 Å². The van der Waals surface area contributed by atoms with Crippen molar-refractivity contribution in [1.29, 1.82) is 0 Å². The van der Waals surface area contributed by atoms with Crippen LogP contribution in [-0.2, 0) is 9.59 Å². The van der Waals surface area contributed by atoms with Gasteiger partial charge in [0, 0.05) is 12.3 Å². The molecule has 0 spiro atoms. The molecular weight excluding hydrogens is 192 g/mol. The van der Waals surface area contributed by atoms with Crippen molar-refractivity contribution < 1.29 is 9.59 Å². The van der Waals surface area contributed by atoms with Crippen molar-refractivity contribution in [2.45, 2.75) is 32.2 Å². The van der Waals surface area contributed by atoms with Gasteiger partial charge in [0.15, 0.2) is 0 Å². The summed E-state index contributed by atoms with van der Waals surface area (Å²) in [5.41, 5.74) is 5.04. The molecule has 4 nitrogen and oxygen atoms in total. The van der Waals surface area contributed by atoms with Gasteiger partial charge in [-0.25, -0.2) is 0 Å². The first kappa shape index (κ1) is 12.2. The molecule has 0 aliphatic heterocycles. The number of carbonyl (C=O) groups is 2. The third-order valence-corrected chi connectivity index (χ3v) is 1.89. The van der Waals surface area contributed by atoms with Crippen LogP contribution in [0.1, 0.15) is 26.2 Å². The van der Waals surface area contributed by atoms with Crippen molar-refractivity contribution in [2.24, 2.45) is 5.73 Å². The second-order valence-corrected chi connectivity index (χ2v) is 3.10. The quantitative estimate of drug-likeness (QED) is 0.617. The maximum absolute atomic E-state index is 11.1. The zero-order chi connectivity index (χ0) is 10.3. The zero-order valence-electron chi connectivity index (χ0n) is 7.68. The SMILES string of the molecule is CC[C@@H](NC(=O)CCCCl)C(N)=O. The number of primary amides is 1. The molecule has 0 bridgehead atoms. The first-order valence-electron chi connectivity index (χ1n) is 4.26. The van der Waals surface area contributed by atoms with Crippen LogP contribution in [0.25, 0.3) is 0 Å². The van der Waals surface area contributed by atoms with Crippen LogP contribution in [0, 0.1) is 0 Å². The number of amides is 2. The smallest absolute Gasteiger partial charge is 0.239 e. The summed E-state index contributed by atoms with van der Waals surface area (Å²) >= 11 is 5.41. The zero-order valence-corrected chi connectivity index (χ0v) is 8.43. The molecule has 0 saturated heterocycles. The molecule has 0 rings (SSSR count). The minimum absolute atomic E-state index is 0.175. The highest BCUT2D eigenvalue weighted by Crippen LogP contribution is 1.95.